The minimum Gasteiger partial charge on any atom is -0.390 e. The lowest BCUT2D eigenvalue weighted by atomic mass is 9.92. The van der Waals surface area contributed by atoms with E-state index in [0.717, 1.165) is 22.3 Å². The Morgan fingerprint density at radius 3 is 2.06 bits per heavy atom. The first-order valence-electron chi connectivity index (χ1n) is 5.47. The molecule has 0 aliphatic heterocycles. The van der Waals surface area contributed by atoms with Gasteiger partial charge in [-0.1, -0.05) is 17.7 Å². The molecule has 3 heteroatoms. The van der Waals surface area contributed by atoms with Gasteiger partial charge in [0.2, 0.25) is 0 Å². The van der Waals surface area contributed by atoms with Crippen molar-refractivity contribution in [1.82, 2.24) is 0 Å². The van der Waals surface area contributed by atoms with Crippen LogP contribution in [0.1, 0.15) is 34.8 Å². The van der Waals surface area contributed by atoms with Crippen LogP contribution in [0.4, 0.5) is 0 Å². The molecule has 90 valence electrons. The molecule has 0 aliphatic rings. The molecular formula is C13H19ClO2. The summed E-state index contributed by atoms with van der Waals surface area (Å²) in [6, 6.07) is 4.03. The van der Waals surface area contributed by atoms with Gasteiger partial charge in [0.1, 0.15) is 6.10 Å². The van der Waals surface area contributed by atoms with Gasteiger partial charge in [0.05, 0.1) is 6.10 Å². The summed E-state index contributed by atoms with van der Waals surface area (Å²) in [7, 11) is 0. The van der Waals surface area contributed by atoms with E-state index >= 15 is 0 Å². The standard InChI is InChI=1S/C13H19ClO2/c1-8-6-9(2)12(10(3)7-8)13(16)11(15)4-5-14/h6-7,11,13,15-16H,4-5H2,1-3H3. The first kappa shape index (κ1) is 13.5. The molecule has 0 aliphatic carbocycles. The lowest BCUT2D eigenvalue weighted by molar-refractivity contribution is 0.0162. The molecule has 1 aromatic rings. The Hall–Kier alpha value is -0.570. The summed E-state index contributed by atoms with van der Waals surface area (Å²) in [6.45, 7) is 5.92. The molecule has 0 radical (unpaired) electrons. The van der Waals surface area contributed by atoms with Gasteiger partial charge in [-0.05, 0) is 43.9 Å². The SMILES string of the molecule is Cc1cc(C)c(C(O)C(O)CCCl)c(C)c1. The molecular weight excluding hydrogens is 224 g/mol. The van der Waals surface area contributed by atoms with Crippen LogP contribution >= 0.6 is 11.6 Å². The number of hydrogen-bond donors (Lipinski definition) is 2. The van der Waals surface area contributed by atoms with Crippen LogP contribution in [0.5, 0.6) is 0 Å². The topological polar surface area (TPSA) is 40.5 Å². The van der Waals surface area contributed by atoms with Crippen molar-refractivity contribution >= 4 is 11.6 Å². The second-order valence-electron chi connectivity index (χ2n) is 4.30. The average Bonchev–Trinajstić information content (AvgIpc) is 2.16. The number of rotatable bonds is 4. The molecule has 1 rings (SSSR count). The van der Waals surface area contributed by atoms with E-state index in [0.29, 0.717) is 12.3 Å². The Morgan fingerprint density at radius 1 is 1.12 bits per heavy atom. The number of aliphatic hydroxyl groups excluding tert-OH is 2. The van der Waals surface area contributed by atoms with Gasteiger partial charge in [-0.2, -0.15) is 0 Å². The predicted octanol–water partition coefficient (Wildman–Crippen LogP) is 2.64. The summed E-state index contributed by atoms with van der Waals surface area (Å²) in [5.41, 5.74) is 4.01. The fourth-order valence-corrected chi connectivity index (χ4v) is 2.34. The molecule has 2 unspecified atom stereocenters. The van der Waals surface area contributed by atoms with E-state index in [1.54, 1.807) is 0 Å². The second-order valence-corrected chi connectivity index (χ2v) is 4.68. The van der Waals surface area contributed by atoms with Crippen LogP contribution in [-0.4, -0.2) is 22.2 Å². The third kappa shape index (κ3) is 2.97. The van der Waals surface area contributed by atoms with E-state index in [4.69, 9.17) is 11.6 Å². The zero-order valence-corrected chi connectivity index (χ0v) is 10.8. The van der Waals surface area contributed by atoms with Crippen molar-refractivity contribution in [2.45, 2.75) is 39.4 Å². The number of benzene rings is 1. The van der Waals surface area contributed by atoms with Crippen molar-refractivity contribution in [2.24, 2.45) is 0 Å². The molecule has 0 amide bonds. The van der Waals surface area contributed by atoms with E-state index in [-0.39, 0.29) is 0 Å². The third-order valence-electron chi connectivity index (χ3n) is 2.80. The largest absolute Gasteiger partial charge is 0.390 e. The molecule has 0 heterocycles. The average molecular weight is 243 g/mol. The molecule has 0 spiro atoms. The molecule has 0 saturated carbocycles. The van der Waals surface area contributed by atoms with Gasteiger partial charge in [0.15, 0.2) is 0 Å². The summed E-state index contributed by atoms with van der Waals surface area (Å²) in [6.07, 6.45) is -1.24. The fraction of sp³-hybridized carbons (Fsp3) is 0.538. The molecule has 2 nitrogen and oxygen atoms in total. The van der Waals surface area contributed by atoms with Gasteiger partial charge < -0.3 is 10.2 Å². The van der Waals surface area contributed by atoms with Crippen LogP contribution in [-0.2, 0) is 0 Å². The van der Waals surface area contributed by atoms with E-state index in [1.807, 2.05) is 32.9 Å². The summed E-state index contributed by atoms with van der Waals surface area (Å²) in [5, 5.41) is 19.8. The molecule has 2 atom stereocenters. The lowest BCUT2D eigenvalue weighted by Gasteiger charge is -2.21. The first-order valence-corrected chi connectivity index (χ1v) is 6.00. The van der Waals surface area contributed by atoms with Crippen molar-refractivity contribution in [1.29, 1.82) is 0 Å². The Balaban J connectivity index is 3.03. The quantitative estimate of drug-likeness (QED) is 0.797. The van der Waals surface area contributed by atoms with Crippen LogP contribution in [0.2, 0.25) is 0 Å². The highest BCUT2D eigenvalue weighted by molar-refractivity contribution is 6.17. The Kier molecular flexibility index (Phi) is 4.78. The summed E-state index contributed by atoms with van der Waals surface area (Å²) < 4.78 is 0. The van der Waals surface area contributed by atoms with E-state index in [9.17, 15) is 10.2 Å². The van der Waals surface area contributed by atoms with E-state index in [2.05, 4.69) is 0 Å². The number of aryl methyl sites for hydroxylation is 3. The van der Waals surface area contributed by atoms with Gasteiger partial charge in [0, 0.05) is 5.88 Å². The molecule has 1 aromatic carbocycles. The highest BCUT2D eigenvalue weighted by Gasteiger charge is 2.21. The maximum atomic E-state index is 10.1. The molecule has 2 N–H and O–H groups in total. The monoisotopic (exact) mass is 242 g/mol. The maximum Gasteiger partial charge on any atom is 0.105 e. The van der Waals surface area contributed by atoms with Gasteiger partial charge in [-0.3, -0.25) is 0 Å². The van der Waals surface area contributed by atoms with Gasteiger partial charge in [-0.25, -0.2) is 0 Å². The van der Waals surface area contributed by atoms with Gasteiger partial charge in [-0.15, -0.1) is 11.6 Å². The highest BCUT2D eigenvalue weighted by Crippen LogP contribution is 2.27. The third-order valence-corrected chi connectivity index (χ3v) is 3.02. The number of halogens is 1. The van der Waals surface area contributed by atoms with E-state index in [1.165, 1.54) is 0 Å². The van der Waals surface area contributed by atoms with Crippen molar-refractivity contribution in [2.75, 3.05) is 5.88 Å². The highest BCUT2D eigenvalue weighted by atomic mass is 35.5. The first-order chi connectivity index (χ1) is 7.47. The molecule has 0 aromatic heterocycles. The number of alkyl halides is 1. The molecule has 0 bridgehead atoms. The summed E-state index contributed by atoms with van der Waals surface area (Å²) in [4.78, 5) is 0. The predicted molar refractivity (Wildman–Crippen MR) is 67.0 cm³/mol. The molecule has 16 heavy (non-hydrogen) atoms. The van der Waals surface area contributed by atoms with Crippen LogP contribution in [0.3, 0.4) is 0 Å². The number of hydrogen-bond acceptors (Lipinski definition) is 2. The van der Waals surface area contributed by atoms with Crippen LogP contribution in [0, 0.1) is 20.8 Å². The summed E-state index contributed by atoms with van der Waals surface area (Å²) >= 11 is 5.56. The van der Waals surface area contributed by atoms with Crippen molar-refractivity contribution in [3.05, 3.63) is 34.4 Å². The molecule has 0 saturated heterocycles. The normalized spacial score (nSPS) is 14.9. The lowest BCUT2D eigenvalue weighted by Crippen LogP contribution is -2.20. The zero-order chi connectivity index (χ0) is 12.3. The Bertz CT molecular complexity index is 340. The maximum absolute atomic E-state index is 10.1. The molecule has 0 fully saturated rings. The van der Waals surface area contributed by atoms with Gasteiger partial charge >= 0.3 is 0 Å². The minimum atomic E-state index is -0.848. The summed E-state index contributed by atoms with van der Waals surface area (Å²) in [5.74, 6) is 0.349. The number of aliphatic hydroxyl groups is 2. The van der Waals surface area contributed by atoms with Crippen molar-refractivity contribution < 1.29 is 10.2 Å². The van der Waals surface area contributed by atoms with Crippen LogP contribution in [0.15, 0.2) is 12.1 Å². The van der Waals surface area contributed by atoms with E-state index < -0.39 is 12.2 Å². The van der Waals surface area contributed by atoms with Crippen molar-refractivity contribution in [3.63, 3.8) is 0 Å². The fourth-order valence-electron chi connectivity index (χ4n) is 2.12. The van der Waals surface area contributed by atoms with Gasteiger partial charge in [0.25, 0.3) is 0 Å². The van der Waals surface area contributed by atoms with Crippen LogP contribution < -0.4 is 0 Å². The Morgan fingerprint density at radius 2 is 1.62 bits per heavy atom. The zero-order valence-electron chi connectivity index (χ0n) is 10.00. The van der Waals surface area contributed by atoms with Crippen molar-refractivity contribution in [3.8, 4) is 0 Å². The second kappa shape index (κ2) is 5.67. The minimum absolute atomic E-state index is 0.349. The van der Waals surface area contributed by atoms with Crippen LogP contribution in [0.25, 0.3) is 0 Å². The smallest absolute Gasteiger partial charge is 0.105 e. The Labute approximate surface area is 102 Å².